The maximum atomic E-state index is 12.9. The molecule has 1 saturated carbocycles. The Morgan fingerprint density at radius 2 is 1.70 bits per heavy atom. The van der Waals surface area contributed by atoms with Gasteiger partial charge in [0.25, 0.3) is 5.91 Å². The molecule has 1 aromatic carbocycles. The molecule has 20 heavy (non-hydrogen) atoms. The van der Waals surface area contributed by atoms with E-state index in [4.69, 9.17) is 0 Å². The van der Waals surface area contributed by atoms with Crippen molar-refractivity contribution in [3.63, 3.8) is 0 Å². The number of amides is 1. The van der Waals surface area contributed by atoms with Gasteiger partial charge in [-0.25, -0.2) is 4.39 Å². The Balaban J connectivity index is 2.07. The number of benzene rings is 1. The van der Waals surface area contributed by atoms with Crippen LogP contribution in [0.2, 0.25) is 0 Å². The van der Waals surface area contributed by atoms with E-state index in [-0.39, 0.29) is 12.0 Å². The molecule has 2 unspecified atom stereocenters. The number of carbonyl (C=O) groups excluding carboxylic acids is 1. The molecule has 1 aromatic rings. The first-order chi connectivity index (χ1) is 9.38. The van der Waals surface area contributed by atoms with Crippen LogP contribution in [-0.2, 0) is 0 Å². The molecule has 110 valence electrons. The van der Waals surface area contributed by atoms with Crippen molar-refractivity contribution in [3.8, 4) is 0 Å². The molecule has 2 atom stereocenters. The highest BCUT2D eigenvalue weighted by atomic mass is 19.4. The average molecular weight is 289 g/mol. The van der Waals surface area contributed by atoms with Crippen molar-refractivity contribution in [2.75, 3.05) is 0 Å². The molecule has 2 nitrogen and oxygen atoms in total. The van der Waals surface area contributed by atoms with E-state index in [1.54, 1.807) is 0 Å². The Bertz CT molecular complexity index is 469. The Labute approximate surface area is 114 Å². The van der Waals surface area contributed by atoms with Crippen LogP contribution in [0.25, 0.3) is 0 Å². The second kappa shape index (κ2) is 5.81. The van der Waals surface area contributed by atoms with Crippen molar-refractivity contribution in [1.29, 1.82) is 0 Å². The van der Waals surface area contributed by atoms with Crippen LogP contribution in [0.5, 0.6) is 0 Å². The molecule has 0 radical (unpaired) electrons. The third-order valence-corrected chi connectivity index (χ3v) is 3.61. The second-order valence-corrected chi connectivity index (χ2v) is 5.02. The van der Waals surface area contributed by atoms with Crippen LogP contribution in [0.4, 0.5) is 17.6 Å². The summed E-state index contributed by atoms with van der Waals surface area (Å²) in [6, 6.07) is 3.83. The van der Waals surface area contributed by atoms with Crippen molar-refractivity contribution in [2.24, 2.45) is 5.92 Å². The molecular formula is C14H15F4NO. The Hall–Kier alpha value is -1.59. The summed E-state index contributed by atoms with van der Waals surface area (Å²) >= 11 is 0. The highest BCUT2D eigenvalue weighted by molar-refractivity contribution is 5.94. The predicted octanol–water partition coefficient (Wildman–Crippen LogP) is 3.68. The molecule has 0 bridgehead atoms. The summed E-state index contributed by atoms with van der Waals surface area (Å²) in [5.41, 5.74) is 0.165. The molecule has 0 heterocycles. The third-order valence-electron chi connectivity index (χ3n) is 3.61. The summed E-state index contributed by atoms with van der Waals surface area (Å²) < 4.78 is 51.4. The Morgan fingerprint density at radius 3 is 2.30 bits per heavy atom. The number of alkyl halides is 3. The van der Waals surface area contributed by atoms with E-state index in [1.807, 2.05) is 0 Å². The third kappa shape index (κ3) is 3.49. The minimum absolute atomic E-state index is 0.0395. The predicted molar refractivity (Wildman–Crippen MR) is 65.7 cm³/mol. The smallest absolute Gasteiger partial charge is 0.349 e. The fourth-order valence-corrected chi connectivity index (χ4v) is 2.55. The topological polar surface area (TPSA) is 29.1 Å². The van der Waals surface area contributed by atoms with Gasteiger partial charge >= 0.3 is 6.18 Å². The lowest BCUT2D eigenvalue weighted by molar-refractivity contribution is -0.187. The lowest BCUT2D eigenvalue weighted by Crippen LogP contribution is -2.47. The van der Waals surface area contributed by atoms with E-state index in [1.165, 1.54) is 12.1 Å². The van der Waals surface area contributed by atoms with E-state index in [2.05, 4.69) is 5.32 Å². The summed E-state index contributed by atoms with van der Waals surface area (Å²) in [7, 11) is 0. The molecule has 1 N–H and O–H groups in total. The number of carbonyl (C=O) groups is 1. The van der Waals surface area contributed by atoms with Gasteiger partial charge in [-0.2, -0.15) is 13.2 Å². The SMILES string of the molecule is O=C(NC1CCCCC1C(F)(F)F)c1ccc(F)cc1. The first-order valence-corrected chi connectivity index (χ1v) is 6.51. The molecule has 1 aliphatic carbocycles. The lowest BCUT2D eigenvalue weighted by atomic mass is 9.84. The van der Waals surface area contributed by atoms with E-state index in [0.717, 1.165) is 12.1 Å². The van der Waals surface area contributed by atoms with Crippen LogP contribution in [0.15, 0.2) is 24.3 Å². The minimum Gasteiger partial charge on any atom is -0.349 e. The summed E-state index contributed by atoms with van der Waals surface area (Å²) in [6.07, 6.45) is -2.76. The van der Waals surface area contributed by atoms with Gasteiger partial charge in [0.2, 0.25) is 0 Å². The van der Waals surface area contributed by atoms with Gasteiger partial charge in [0.05, 0.1) is 5.92 Å². The van der Waals surface area contributed by atoms with Crippen molar-refractivity contribution in [1.82, 2.24) is 5.32 Å². The molecular weight excluding hydrogens is 274 g/mol. The fourth-order valence-electron chi connectivity index (χ4n) is 2.55. The van der Waals surface area contributed by atoms with Gasteiger partial charge in [0.1, 0.15) is 5.82 Å². The number of halogens is 4. The maximum Gasteiger partial charge on any atom is 0.393 e. The first-order valence-electron chi connectivity index (χ1n) is 6.51. The first kappa shape index (κ1) is 14.8. The van der Waals surface area contributed by atoms with Crippen LogP contribution < -0.4 is 5.32 Å². The molecule has 0 aromatic heterocycles. The van der Waals surface area contributed by atoms with Gasteiger partial charge in [0.15, 0.2) is 0 Å². The van der Waals surface area contributed by atoms with E-state index < -0.39 is 29.9 Å². The quantitative estimate of drug-likeness (QED) is 0.827. The molecule has 6 heteroatoms. The van der Waals surface area contributed by atoms with Gasteiger partial charge in [-0.05, 0) is 37.1 Å². The molecule has 0 aliphatic heterocycles. The summed E-state index contributed by atoms with van der Waals surface area (Å²) in [6.45, 7) is 0. The zero-order valence-electron chi connectivity index (χ0n) is 10.7. The number of hydrogen-bond donors (Lipinski definition) is 1. The van der Waals surface area contributed by atoms with Crippen molar-refractivity contribution in [3.05, 3.63) is 35.6 Å². The van der Waals surface area contributed by atoms with Crippen molar-refractivity contribution in [2.45, 2.75) is 37.9 Å². The van der Waals surface area contributed by atoms with Gasteiger partial charge in [-0.3, -0.25) is 4.79 Å². The van der Waals surface area contributed by atoms with Crippen LogP contribution >= 0.6 is 0 Å². The molecule has 0 saturated heterocycles. The summed E-state index contributed by atoms with van der Waals surface area (Å²) in [5.74, 6) is -2.58. The van der Waals surface area contributed by atoms with Crippen molar-refractivity contribution >= 4 is 5.91 Å². The van der Waals surface area contributed by atoms with Crippen LogP contribution in [0, 0.1) is 11.7 Å². The van der Waals surface area contributed by atoms with Gasteiger partial charge in [-0.1, -0.05) is 12.8 Å². The monoisotopic (exact) mass is 289 g/mol. The minimum atomic E-state index is -4.30. The van der Waals surface area contributed by atoms with E-state index in [9.17, 15) is 22.4 Å². The fraction of sp³-hybridized carbons (Fsp3) is 0.500. The van der Waals surface area contributed by atoms with Gasteiger partial charge in [-0.15, -0.1) is 0 Å². The van der Waals surface area contributed by atoms with Crippen molar-refractivity contribution < 1.29 is 22.4 Å². The molecule has 1 amide bonds. The highest BCUT2D eigenvalue weighted by Gasteiger charge is 2.45. The van der Waals surface area contributed by atoms with Gasteiger partial charge in [0, 0.05) is 11.6 Å². The average Bonchev–Trinajstić information content (AvgIpc) is 2.38. The number of hydrogen-bond acceptors (Lipinski definition) is 1. The van der Waals surface area contributed by atoms with Crippen LogP contribution in [-0.4, -0.2) is 18.1 Å². The maximum absolute atomic E-state index is 12.9. The molecule has 0 spiro atoms. The molecule has 1 fully saturated rings. The Kier molecular flexibility index (Phi) is 4.30. The normalized spacial score (nSPS) is 23.4. The lowest BCUT2D eigenvalue weighted by Gasteiger charge is -2.33. The largest absolute Gasteiger partial charge is 0.393 e. The zero-order chi connectivity index (χ0) is 14.8. The second-order valence-electron chi connectivity index (χ2n) is 5.02. The van der Waals surface area contributed by atoms with Crippen LogP contribution in [0.1, 0.15) is 36.0 Å². The van der Waals surface area contributed by atoms with E-state index in [0.29, 0.717) is 19.3 Å². The molecule has 1 aliphatic rings. The molecule has 2 rings (SSSR count). The van der Waals surface area contributed by atoms with Gasteiger partial charge < -0.3 is 5.32 Å². The summed E-state index contributed by atoms with van der Waals surface area (Å²) in [4.78, 5) is 11.9. The Morgan fingerprint density at radius 1 is 1.10 bits per heavy atom. The summed E-state index contributed by atoms with van der Waals surface area (Å²) in [5, 5.41) is 2.43. The zero-order valence-corrected chi connectivity index (χ0v) is 10.7. The highest BCUT2D eigenvalue weighted by Crippen LogP contribution is 2.37. The number of rotatable bonds is 2. The standard InChI is InChI=1S/C14H15F4NO/c15-10-7-5-9(6-8-10)13(20)19-12-4-2-1-3-11(12)14(16,17)18/h5-8,11-12H,1-4H2,(H,19,20). The number of nitrogens with one attached hydrogen (secondary N) is 1. The van der Waals surface area contributed by atoms with E-state index >= 15 is 0 Å². The van der Waals surface area contributed by atoms with Crippen LogP contribution in [0.3, 0.4) is 0 Å².